The molecular formula is C15H20FN3O. The van der Waals surface area contributed by atoms with Crippen molar-refractivity contribution >= 4 is 5.69 Å². The number of halogens is 1. The number of anilines is 1. The summed E-state index contributed by atoms with van der Waals surface area (Å²) < 4.78 is 20.4. The number of nitrogens with zero attached hydrogens (tertiary/aromatic N) is 2. The molecule has 0 aliphatic rings. The van der Waals surface area contributed by atoms with E-state index >= 15 is 0 Å². The molecule has 0 saturated heterocycles. The second-order valence-corrected chi connectivity index (χ2v) is 5.67. The number of nitrogens with one attached hydrogen (secondary N) is 1. The minimum atomic E-state index is -0.372. The quantitative estimate of drug-likeness (QED) is 0.931. The van der Waals surface area contributed by atoms with E-state index in [1.54, 1.807) is 12.1 Å². The predicted octanol–water partition coefficient (Wildman–Crippen LogP) is 3.40. The number of hydrogen-bond acceptors (Lipinski definition) is 3. The largest absolute Gasteiger partial charge is 0.494 e. The molecule has 0 bridgehead atoms. The maximum absolute atomic E-state index is 13.6. The maximum atomic E-state index is 13.6. The van der Waals surface area contributed by atoms with Crippen LogP contribution in [0.1, 0.15) is 26.3 Å². The predicted molar refractivity (Wildman–Crippen MR) is 77.5 cm³/mol. The van der Waals surface area contributed by atoms with Gasteiger partial charge in [-0.3, -0.25) is 4.68 Å². The number of aromatic nitrogens is 2. The first-order valence-electron chi connectivity index (χ1n) is 6.51. The molecule has 0 aliphatic heterocycles. The van der Waals surface area contributed by atoms with Crippen molar-refractivity contribution in [2.75, 3.05) is 12.4 Å². The van der Waals surface area contributed by atoms with Gasteiger partial charge in [-0.2, -0.15) is 5.10 Å². The average Bonchev–Trinajstić information content (AvgIpc) is 2.85. The fourth-order valence-electron chi connectivity index (χ4n) is 1.80. The molecule has 0 atom stereocenters. The number of benzene rings is 1. The molecule has 1 aromatic carbocycles. The van der Waals surface area contributed by atoms with Gasteiger partial charge in [0.25, 0.3) is 0 Å². The third-order valence-electron chi connectivity index (χ3n) is 2.97. The fourth-order valence-corrected chi connectivity index (χ4v) is 1.80. The van der Waals surface area contributed by atoms with Crippen molar-refractivity contribution in [1.82, 2.24) is 9.78 Å². The summed E-state index contributed by atoms with van der Waals surface area (Å²) in [6.45, 7) is 6.88. The van der Waals surface area contributed by atoms with Crippen LogP contribution in [-0.2, 0) is 12.1 Å². The zero-order valence-corrected chi connectivity index (χ0v) is 12.3. The Morgan fingerprint density at radius 2 is 2.10 bits per heavy atom. The molecule has 1 N–H and O–H groups in total. The highest BCUT2D eigenvalue weighted by Crippen LogP contribution is 2.21. The van der Waals surface area contributed by atoms with Crippen molar-refractivity contribution in [1.29, 1.82) is 0 Å². The third kappa shape index (κ3) is 3.29. The van der Waals surface area contributed by atoms with Crippen LogP contribution >= 0.6 is 0 Å². The van der Waals surface area contributed by atoms with Crippen molar-refractivity contribution in [2.24, 2.45) is 0 Å². The van der Waals surface area contributed by atoms with Gasteiger partial charge < -0.3 is 10.1 Å². The first-order valence-corrected chi connectivity index (χ1v) is 6.51. The molecule has 0 saturated carbocycles. The topological polar surface area (TPSA) is 39.1 Å². The fraction of sp³-hybridized carbons (Fsp3) is 0.400. The molecule has 0 aliphatic carbocycles. The molecule has 2 aromatic rings. The highest BCUT2D eigenvalue weighted by atomic mass is 19.1. The van der Waals surface area contributed by atoms with Crippen LogP contribution in [0.5, 0.6) is 5.75 Å². The van der Waals surface area contributed by atoms with Gasteiger partial charge >= 0.3 is 0 Å². The summed E-state index contributed by atoms with van der Waals surface area (Å²) in [5, 5.41) is 7.50. The molecule has 0 fully saturated rings. The highest BCUT2D eigenvalue weighted by Gasteiger charge is 2.13. The molecule has 1 aromatic heterocycles. The van der Waals surface area contributed by atoms with Gasteiger partial charge in [0, 0.05) is 30.1 Å². The molecule has 1 heterocycles. The zero-order chi connectivity index (χ0) is 14.8. The van der Waals surface area contributed by atoms with Gasteiger partial charge in [0.2, 0.25) is 0 Å². The minimum absolute atomic E-state index is 0.0372. The summed E-state index contributed by atoms with van der Waals surface area (Å²) >= 11 is 0. The summed E-state index contributed by atoms with van der Waals surface area (Å²) in [5.74, 6) is -0.126. The molecule has 4 nitrogen and oxygen atoms in total. The molecule has 0 radical (unpaired) electrons. The normalized spacial score (nSPS) is 11.4. The lowest BCUT2D eigenvalue weighted by Gasteiger charge is -2.18. The smallest absolute Gasteiger partial charge is 0.167 e. The van der Waals surface area contributed by atoms with Gasteiger partial charge in [-0.05, 0) is 32.9 Å². The van der Waals surface area contributed by atoms with Crippen LogP contribution in [0.4, 0.5) is 10.1 Å². The Morgan fingerprint density at radius 1 is 1.35 bits per heavy atom. The van der Waals surface area contributed by atoms with Gasteiger partial charge in [-0.25, -0.2) is 4.39 Å². The van der Waals surface area contributed by atoms with E-state index in [9.17, 15) is 4.39 Å². The van der Waals surface area contributed by atoms with Gasteiger partial charge in [-0.1, -0.05) is 0 Å². The van der Waals surface area contributed by atoms with E-state index in [2.05, 4.69) is 31.2 Å². The number of hydrogen-bond donors (Lipinski definition) is 1. The van der Waals surface area contributed by atoms with Crippen LogP contribution in [0, 0.1) is 5.82 Å². The van der Waals surface area contributed by atoms with Crippen LogP contribution < -0.4 is 10.1 Å². The molecule has 20 heavy (non-hydrogen) atoms. The standard InChI is InChI=1S/C15H20FN3O/c1-15(2,3)19-10-11(9-18-19)8-17-12-5-6-14(20-4)13(16)7-12/h5-7,9-10,17H,8H2,1-4H3. The zero-order valence-electron chi connectivity index (χ0n) is 12.3. The molecule has 0 unspecified atom stereocenters. The lowest BCUT2D eigenvalue weighted by molar-refractivity contribution is 0.355. The van der Waals surface area contributed by atoms with E-state index in [4.69, 9.17) is 4.74 Å². The Hall–Kier alpha value is -2.04. The summed E-state index contributed by atoms with van der Waals surface area (Å²) in [6, 6.07) is 4.82. The molecular weight excluding hydrogens is 257 g/mol. The Kier molecular flexibility index (Phi) is 3.97. The van der Waals surface area contributed by atoms with E-state index in [0.717, 1.165) is 5.56 Å². The average molecular weight is 277 g/mol. The van der Waals surface area contributed by atoms with Crippen molar-refractivity contribution in [3.63, 3.8) is 0 Å². The van der Waals surface area contributed by atoms with E-state index in [1.165, 1.54) is 13.2 Å². The van der Waals surface area contributed by atoms with Crippen molar-refractivity contribution in [3.05, 3.63) is 42.0 Å². The van der Waals surface area contributed by atoms with E-state index in [-0.39, 0.29) is 17.1 Å². The summed E-state index contributed by atoms with van der Waals surface area (Å²) in [4.78, 5) is 0. The van der Waals surface area contributed by atoms with Crippen LogP contribution in [0.25, 0.3) is 0 Å². The first-order chi connectivity index (χ1) is 9.40. The van der Waals surface area contributed by atoms with E-state index in [1.807, 2.05) is 17.1 Å². The van der Waals surface area contributed by atoms with Crippen molar-refractivity contribution in [2.45, 2.75) is 32.9 Å². The Labute approximate surface area is 118 Å². The number of ether oxygens (including phenoxy) is 1. The number of rotatable bonds is 4. The van der Waals surface area contributed by atoms with Gasteiger partial charge in [-0.15, -0.1) is 0 Å². The molecule has 108 valence electrons. The lowest BCUT2D eigenvalue weighted by atomic mass is 10.1. The maximum Gasteiger partial charge on any atom is 0.167 e. The summed E-state index contributed by atoms with van der Waals surface area (Å²) in [7, 11) is 1.45. The highest BCUT2D eigenvalue weighted by molar-refractivity contribution is 5.47. The third-order valence-corrected chi connectivity index (χ3v) is 2.97. The number of methoxy groups -OCH3 is 1. The van der Waals surface area contributed by atoms with Crippen LogP contribution in [0.2, 0.25) is 0 Å². The lowest BCUT2D eigenvalue weighted by Crippen LogP contribution is -2.21. The van der Waals surface area contributed by atoms with Gasteiger partial charge in [0.05, 0.1) is 18.8 Å². The van der Waals surface area contributed by atoms with Crippen LogP contribution in [-0.4, -0.2) is 16.9 Å². The Morgan fingerprint density at radius 3 is 2.65 bits per heavy atom. The second kappa shape index (κ2) is 5.53. The van der Waals surface area contributed by atoms with Crippen LogP contribution in [0.15, 0.2) is 30.6 Å². The molecule has 2 rings (SSSR count). The Bertz CT molecular complexity index is 587. The van der Waals surface area contributed by atoms with E-state index in [0.29, 0.717) is 12.2 Å². The minimum Gasteiger partial charge on any atom is -0.494 e. The van der Waals surface area contributed by atoms with Gasteiger partial charge in [0.15, 0.2) is 11.6 Å². The Balaban J connectivity index is 2.02. The molecule has 5 heteroatoms. The molecule has 0 spiro atoms. The monoisotopic (exact) mass is 277 g/mol. The summed E-state index contributed by atoms with van der Waals surface area (Å²) in [6.07, 6.45) is 3.81. The molecule has 0 amide bonds. The van der Waals surface area contributed by atoms with Crippen LogP contribution in [0.3, 0.4) is 0 Å². The van der Waals surface area contributed by atoms with Crippen molar-refractivity contribution < 1.29 is 9.13 Å². The first kappa shape index (κ1) is 14.4. The second-order valence-electron chi connectivity index (χ2n) is 5.67. The van der Waals surface area contributed by atoms with Gasteiger partial charge in [0.1, 0.15) is 0 Å². The summed E-state index contributed by atoms with van der Waals surface area (Å²) in [5.41, 5.74) is 1.73. The SMILES string of the molecule is COc1ccc(NCc2cnn(C(C)(C)C)c2)cc1F. The van der Waals surface area contributed by atoms with Crippen molar-refractivity contribution in [3.8, 4) is 5.75 Å². The van der Waals surface area contributed by atoms with E-state index < -0.39 is 0 Å².